The molecule has 5 heteroatoms. The molecule has 4 nitrogen and oxygen atoms in total. The summed E-state index contributed by atoms with van der Waals surface area (Å²) in [5.74, 6) is 0.0953. The minimum absolute atomic E-state index is 0.0184. The first-order valence-electron chi connectivity index (χ1n) is 7.78. The molecule has 0 radical (unpaired) electrons. The van der Waals surface area contributed by atoms with Crippen LogP contribution in [-0.4, -0.2) is 18.3 Å². The van der Waals surface area contributed by atoms with E-state index in [1.165, 1.54) is 11.3 Å². The molecule has 0 spiro atoms. The molecule has 0 bridgehead atoms. The maximum Gasteiger partial charge on any atom is 0.261 e. The smallest absolute Gasteiger partial charge is 0.261 e. The van der Waals surface area contributed by atoms with Gasteiger partial charge in [-0.15, -0.1) is 11.3 Å². The number of thiophene rings is 1. The molecule has 1 aromatic heterocycles. The van der Waals surface area contributed by atoms with Gasteiger partial charge >= 0.3 is 0 Å². The molecule has 0 saturated heterocycles. The van der Waals surface area contributed by atoms with E-state index in [9.17, 15) is 4.79 Å². The summed E-state index contributed by atoms with van der Waals surface area (Å²) in [5.41, 5.74) is 7.66. The molecule has 1 unspecified atom stereocenters. The lowest BCUT2D eigenvalue weighted by molar-refractivity contribution is 0.0961. The van der Waals surface area contributed by atoms with Gasteiger partial charge in [0, 0.05) is 17.3 Å². The van der Waals surface area contributed by atoms with E-state index in [2.05, 4.69) is 5.32 Å². The number of amides is 1. The maximum absolute atomic E-state index is 12.3. The fourth-order valence-electron chi connectivity index (χ4n) is 2.51. The van der Waals surface area contributed by atoms with Crippen LogP contribution in [0, 0.1) is 11.3 Å². The zero-order valence-electron chi connectivity index (χ0n) is 13.2. The molecular formula is C19H19N3OS. The number of nitrogens with one attached hydrogen (secondary N) is 2. The van der Waals surface area contributed by atoms with E-state index in [0.29, 0.717) is 17.8 Å². The van der Waals surface area contributed by atoms with Crippen molar-refractivity contribution in [3.05, 3.63) is 71.1 Å². The van der Waals surface area contributed by atoms with E-state index in [4.69, 9.17) is 11.1 Å². The Labute approximate surface area is 145 Å². The average molecular weight is 337 g/mol. The average Bonchev–Trinajstić information content (AvgIpc) is 3.11. The first-order valence-corrected chi connectivity index (χ1v) is 8.60. The number of hydrogen-bond acceptors (Lipinski definition) is 3. The van der Waals surface area contributed by atoms with E-state index >= 15 is 0 Å². The molecule has 1 aliphatic rings. The minimum Gasteiger partial charge on any atom is -0.387 e. The first kappa shape index (κ1) is 16.2. The van der Waals surface area contributed by atoms with E-state index in [-0.39, 0.29) is 17.7 Å². The summed E-state index contributed by atoms with van der Waals surface area (Å²) in [5, 5.41) is 10.4. The number of rotatable bonds is 5. The van der Waals surface area contributed by atoms with Crippen LogP contribution in [0.2, 0.25) is 0 Å². The fourth-order valence-corrected chi connectivity index (χ4v) is 3.44. The SMILES string of the molecule is N=C(N)C1C=CC(CNC(=O)c2ccc(-c3ccccc3)s2)=CC1. The molecule has 0 saturated carbocycles. The summed E-state index contributed by atoms with van der Waals surface area (Å²) >= 11 is 1.49. The highest BCUT2D eigenvalue weighted by Gasteiger charge is 2.13. The summed E-state index contributed by atoms with van der Waals surface area (Å²) in [4.78, 5) is 14.1. The van der Waals surface area contributed by atoms with Crippen LogP contribution in [0.1, 0.15) is 16.1 Å². The quantitative estimate of drug-likeness (QED) is 0.576. The largest absolute Gasteiger partial charge is 0.387 e. The van der Waals surface area contributed by atoms with E-state index in [0.717, 1.165) is 16.0 Å². The Morgan fingerprint density at radius 2 is 2.04 bits per heavy atom. The predicted molar refractivity (Wildman–Crippen MR) is 99.3 cm³/mol. The Bertz CT molecular complexity index is 805. The van der Waals surface area contributed by atoms with Crippen LogP contribution in [0.3, 0.4) is 0 Å². The molecule has 1 amide bonds. The second kappa shape index (κ2) is 7.27. The van der Waals surface area contributed by atoms with Crippen molar-refractivity contribution in [2.45, 2.75) is 6.42 Å². The van der Waals surface area contributed by atoms with Crippen molar-refractivity contribution < 1.29 is 4.79 Å². The number of carbonyl (C=O) groups is 1. The molecule has 24 heavy (non-hydrogen) atoms. The van der Waals surface area contributed by atoms with Crippen molar-refractivity contribution in [3.8, 4) is 10.4 Å². The fraction of sp³-hybridized carbons (Fsp3) is 0.158. The van der Waals surface area contributed by atoms with Crippen molar-refractivity contribution in [1.82, 2.24) is 5.32 Å². The molecule has 0 fully saturated rings. The molecule has 1 aliphatic carbocycles. The van der Waals surface area contributed by atoms with Crippen molar-refractivity contribution in [2.75, 3.05) is 6.54 Å². The lowest BCUT2D eigenvalue weighted by Gasteiger charge is -2.15. The van der Waals surface area contributed by atoms with Crippen LogP contribution in [0.4, 0.5) is 0 Å². The molecule has 1 atom stereocenters. The molecule has 4 N–H and O–H groups in total. The van der Waals surface area contributed by atoms with Gasteiger partial charge < -0.3 is 11.1 Å². The third-order valence-corrected chi connectivity index (χ3v) is 5.05. The van der Waals surface area contributed by atoms with Crippen molar-refractivity contribution in [2.24, 2.45) is 11.7 Å². The highest BCUT2D eigenvalue weighted by Crippen LogP contribution is 2.27. The number of hydrogen-bond donors (Lipinski definition) is 3. The zero-order chi connectivity index (χ0) is 16.9. The molecular weight excluding hydrogens is 318 g/mol. The van der Waals surface area contributed by atoms with E-state index < -0.39 is 0 Å². The molecule has 0 aliphatic heterocycles. The normalized spacial score (nSPS) is 16.5. The molecule has 2 aromatic rings. The summed E-state index contributed by atoms with van der Waals surface area (Å²) < 4.78 is 0. The Morgan fingerprint density at radius 1 is 1.25 bits per heavy atom. The van der Waals surface area contributed by atoms with Crippen LogP contribution < -0.4 is 11.1 Å². The van der Waals surface area contributed by atoms with E-state index in [1.54, 1.807) is 0 Å². The van der Waals surface area contributed by atoms with Crippen molar-refractivity contribution >= 4 is 23.1 Å². The van der Waals surface area contributed by atoms with Crippen molar-refractivity contribution in [3.63, 3.8) is 0 Å². The summed E-state index contributed by atoms with van der Waals surface area (Å²) in [6, 6.07) is 13.9. The van der Waals surface area contributed by atoms with Gasteiger partial charge in [0.1, 0.15) is 0 Å². The van der Waals surface area contributed by atoms with Gasteiger partial charge in [0.15, 0.2) is 0 Å². The Kier molecular flexibility index (Phi) is 4.91. The van der Waals surface area contributed by atoms with Gasteiger partial charge in [-0.2, -0.15) is 0 Å². The number of carbonyl (C=O) groups excluding carboxylic acids is 1. The summed E-state index contributed by atoms with van der Waals surface area (Å²) in [7, 11) is 0. The van der Waals surface area contributed by atoms with Gasteiger partial charge in [-0.1, -0.05) is 48.6 Å². The third kappa shape index (κ3) is 3.81. The summed E-state index contributed by atoms with van der Waals surface area (Å²) in [6.45, 7) is 0.485. The predicted octanol–water partition coefficient (Wildman–Crippen LogP) is 3.58. The van der Waals surface area contributed by atoms with Crippen LogP contribution in [0.25, 0.3) is 10.4 Å². The molecule has 122 valence electrons. The number of allylic oxidation sites excluding steroid dienone is 1. The van der Waals surface area contributed by atoms with Gasteiger partial charge in [0.2, 0.25) is 0 Å². The Balaban J connectivity index is 1.58. The van der Waals surface area contributed by atoms with Gasteiger partial charge in [-0.05, 0) is 29.7 Å². The van der Waals surface area contributed by atoms with Gasteiger partial charge in [-0.25, -0.2) is 0 Å². The van der Waals surface area contributed by atoms with Gasteiger partial charge in [0.05, 0.1) is 10.7 Å². The van der Waals surface area contributed by atoms with Gasteiger partial charge in [-0.3, -0.25) is 10.2 Å². The Morgan fingerprint density at radius 3 is 2.71 bits per heavy atom. The summed E-state index contributed by atoms with van der Waals surface area (Å²) in [6.07, 6.45) is 6.59. The molecule has 1 heterocycles. The number of nitrogens with two attached hydrogens (primary N) is 1. The minimum atomic E-state index is -0.0647. The maximum atomic E-state index is 12.3. The monoisotopic (exact) mass is 337 g/mol. The van der Waals surface area contributed by atoms with Crippen molar-refractivity contribution in [1.29, 1.82) is 5.41 Å². The van der Waals surface area contributed by atoms with Crippen LogP contribution >= 0.6 is 11.3 Å². The third-order valence-electron chi connectivity index (χ3n) is 3.92. The number of amidine groups is 1. The first-order chi connectivity index (χ1) is 11.6. The standard InChI is InChI=1S/C19H19N3OS/c20-18(21)15-8-6-13(7-9-15)12-22-19(23)17-11-10-16(24-17)14-4-2-1-3-5-14/h1-8,10-11,15H,9,12H2,(H3,20,21)(H,22,23). The molecule has 1 aromatic carbocycles. The topological polar surface area (TPSA) is 79.0 Å². The lowest BCUT2D eigenvalue weighted by Crippen LogP contribution is -2.26. The second-order valence-electron chi connectivity index (χ2n) is 5.65. The zero-order valence-corrected chi connectivity index (χ0v) is 14.0. The lowest BCUT2D eigenvalue weighted by atomic mass is 9.96. The highest BCUT2D eigenvalue weighted by molar-refractivity contribution is 7.17. The highest BCUT2D eigenvalue weighted by atomic mass is 32.1. The molecule has 3 rings (SSSR count). The number of benzene rings is 1. The Hall–Kier alpha value is -2.66. The van der Waals surface area contributed by atoms with Crippen LogP contribution in [0.5, 0.6) is 0 Å². The van der Waals surface area contributed by atoms with Crippen LogP contribution in [0.15, 0.2) is 66.3 Å². The van der Waals surface area contributed by atoms with Gasteiger partial charge in [0.25, 0.3) is 5.91 Å². The van der Waals surface area contributed by atoms with Crippen LogP contribution in [-0.2, 0) is 0 Å². The van der Waals surface area contributed by atoms with E-state index in [1.807, 2.05) is 60.7 Å². The second-order valence-corrected chi connectivity index (χ2v) is 6.73.